The molecule has 0 saturated heterocycles. The minimum Gasteiger partial charge on any atom is -0.383 e. The molecule has 1 rings (SSSR count). The summed E-state index contributed by atoms with van der Waals surface area (Å²) >= 11 is 0. The fourth-order valence-electron chi connectivity index (χ4n) is 2.40. The van der Waals surface area contributed by atoms with Gasteiger partial charge in [0.25, 0.3) is 5.91 Å². The predicted octanol–water partition coefficient (Wildman–Crippen LogP) is 1.45. The Morgan fingerprint density at radius 2 is 1.60 bits per heavy atom. The molecule has 7 nitrogen and oxygen atoms in total. The molecule has 0 unspecified atom stereocenters. The first kappa shape index (κ1) is 21.6. The smallest absolute Gasteiger partial charge is 0.254 e. The average Bonchev–Trinajstić information content (AvgIpc) is 2.62. The fourth-order valence-corrected chi connectivity index (χ4v) is 3.91. The average molecular weight is 372 g/mol. The monoisotopic (exact) mass is 372 g/mol. The van der Waals surface area contributed by atoms with Crippen molar-refractivity contribution in [2.24, 2.45) is 0 Å². The molecule has 1 aromatic rings. The Labute approximate surface area is 150 Å². The van der Waals surface area contributed by atoms with Crippen molar-refractivity contribution >= 4 is 15.9 Å². The molecular weight excluding hydrogens is 344 g/mol. The topological polar surface area (TPSA) is 76.2 Å². The maximum Gasteiger partial charge on any atom is 0.254 e. The van der Waals surface area contributed by atoms with Crippen molar-refractivity contribution in [1.82, 2.24) is 9.21 Å². The van der Waals surface area contributed by atoms with Gasteiger partial charge in [-0.2, -0.15) is 4.31 Å². The number of hydrogen-bond acceptors (Lipinski definition) is 5. The van der Waals surface area contributed by atoms with Gasteiger partial charge >= 0.3 is 0 Å². The zero-order valence-corrected chi connectivity index (χ0v) is 16.2. The van der Waals surface area contributed by atoms with Crippen LogP contribution >= 0.6 is 0 Å². The fraction of sp³-hybridized carbons (Fsp3) is 0.588. The van der Waals surface area contributed by atoms with Gasteiger partial charge in [-0.05, 0) is 18.2 Å². The Bertz CT molecular complexity index is 636. The molecule has 0 fully saturated rings. The first-order chi connectivity index (χ1) is 11.9. The van der Waals surface area contributed by atoms with Crippen LogP contribution in [0, 0.1) is 0 Å². The number of hydrogen-bond donors (Lipinski definition) is 0. The van der Waals surface area contributed by atoms with E-state index in [0.29, 0.717) is 45.0 Å². The van der Waals surface area contributed by atoms with Crippen molar-refractivity contribution in [2.75, 3.05) is 53.6 Å². The van der Waals surface area contributed by atoms with Gasteiger partial charge in [0.15, 0.2) is 0 Å². The first-order valence-electron chi connectivity index (χ1n) is 8.29. The summed E-state index contributed by atoms with van der Waals surface area (Å²) in [5, 5.41) is 0. The largest absolute Gasteiger partial charge is 0.383 e. The van der Waals surface area contributed by atoms with Crippen molar-refractivity contribution in [3.8, 4) is 0 Å². The molecular formula is C17H28N2O5S. The molecule has 0 aliphatic heterocycles. The summed E-state index contributed by atoms with van der Waals surface area (Å²) in [5.41, 5.74) is 0.334. The molecule has 0 N–H and O–H groups in total. The van der Waals surface area contributed by atoms with Crippen LogP contribution in [0.1, 0.15) is 24.2 Å². The van der Waals surface area contributed by atoms with Crippen LogP contribution in [-0.2, 0) is 19.5 Å². The van der Waals surface area contributed by atoms with Crippen molar-refractivity contribution in [3.63, 3.8) is 0 Å². The Hall–Kier alpha value is -1.48. The molecule has 0 spiro atoms. The van der Waals surface area contributed by atoms with E-state index < -0.39 is 10.0 Å². The van der Waals surface area contributed by atoms with Gasteiger partial charge in [0, 0.05) is 46.0 Å². The van der Waals surface area contributed by atoms with Gasteiger partial charge in [0.1, 0.15) is 0 Å². The quantitative estimate of drug-likeness (QED) is 0.588. The van der Waals surface area contributed by atoms with E-state index in [1.165, 1.54) is 16.4 Å². The highest BCUT2D eigenvalue weighted by molar-refractivity contribution is 7.89. The molecule has 0 bridgehead atoms. The third-order valence-corrected chi connectivity index (χ3v) is 5.89. The number of nitrogens with zero attached hydrogens (tertiary/aromatic N) is 2. The lowest BCUT2D eigenvalue weighted by atomic mass is 10.2. The number of methoxy groups -OCH3 is 2. The second-order valence-electron chi connectivity index (χ2n) is 5.39. The van der Waals surface area contributed by atoms with E-state index >= 15 is 0 Å². The summed E-state index contributed by atoms with van der Waals surface area (Å²) in [6, 6.07) is 6.16. The third kappa shape index (κ3) is 5.78. The van der Waals surface area contributed by atoms with Crippen LogP contribution < -0.4 is 0 Å². The second kappa shape index (κ2) is 10.5. The number of sulfonamides is 1. The predicted molar refractivity (Wildman–Crippen MR) is 96.2 cm³/mol. The van der Waals surface area contributed by atoms with Crippen LogP contribution in [0.4, 0.5) is 0 Å². The van der Waals surface area contributed by atoms with Crippen LogP contribution in [-0.4, -0.2) is 77.1 Å². The Morgan fingerprint density at radius 1 is 1.04 bits per heavy atom. The summed E-state index contributed by atoms with van der Waals surface area (Å²) < 4.78 is 36.7. The molecule has 0 radical (unpaired) electrons. The van der Waals surface area contributed by atoms with Gasteiger partial charge in [-0.25, -0.2) is 8.42 Å². The highest BCUT2D eigenvalue weighted by Crippen LogP contribution is 2.18. The van der Waals surface area contributed by atoms with Crippen LogP contribution in [0.25, 0.3) is 0 Å². The van der Waals surface area contributed by atoms with E-state index in [-0.39, 0.29) is 10.8 Å². The van der Waals surface area contributed by atoms with Gasteiger partial charge in [0.05, 0.1) is 18.1 Å². The van der Waals surface area contributed by atoms with Gasteiger partial charge < -0.3 is 14.4 Å². The van der Waals surface area contributed by atoms with Gasteiger partial charge in [0.2, 0.25) is 10.0 Å². The minimum atomic E-state index is -3.60. The number of rotatable bonds is 11. The van der Waals surface area contributed by atoms with Crippen molar-refractivity contribution in [3.05, 3.63) is 29.8 Å². The molecule has 25 heavy (non-hydrogen) atoms. The lowest BCUT2D eigenvalue weighted by molar-refractivity contribution is 0.0627. The Kier molecular flexibility index (Phi) is 9.05. The van der Waals surface area contributed by atoms with Crippen LogP contribution in [0.15, 0.2) is 29.2 Å². The second-order valence-corrected chi connectivity index (χ2v) is 7.33. The van der Waals surface area contributed by atoms with Gasteiger partial charge in [-0.1, -0.05) is 19.9 Å². The van der Waals surface area contributed by atoms with E-state index in [4.69, 9.17) is 9.47 Å². The molecule has 1 aromatic carbocycles. The maximum absolute atomic E-state index is 12.8. The molecule has 0 saturated carbocycles. The van der Waals surface area contributed by atoms with E-state index in [2.05, 4.69) is 0 Å². The number of benzene rings is 1. The van der Waals surface area contributed by atoms with Crippen molar-refractivity contribution in [1.29, 1.82) is 0 Å². The summed E-state index contributed by atoms with van der Waals surface area (Å²) in [7, 11) is -0.472. The van der Waals surface area contributed by atoms with Gasteiger partial charge in [-0.15, -0.1) is 0 Å². The zero-order chi connectivity index (χ0) is 18.9. The third-order valence-electron chi connectivity index (χ3n) is 3.84. The summed E-state index contributed by atoms with van der Waals surface area (Å²) in [6.45, 7) is 5.94. The standard InChI is InChI=1S/C17H28N2O5S/c1-5-19(6-2)25(21,22)16-9-7-8-15(14-16)17(20)18(10-12-23-3)11-13-24-4/h7-9,14H,5-6,10-13H2,1-4H3. The Morgan fingerprint density at radius 3 is 2.08 bits per heavy atom. The zero-order valence-electron chi connectivity index (χ0n) is 15.4. The summed E-state index contributed by atoms with van der Waals surface area (Å²) in [6.07, 6.45) is 0. The number of carbonyl (C=O) groups is 1. The normalized spacial score (nSPS) is 11.7. The van der Waals surface area contributed by atoms with E-state index in [0.717, 1.165) is 0 Å². The molecule has 0 aromatic heterocycles. The molecule has 8 heteroatoms. The Balaban J connectivity index is 3.10. The van der Waals surface area contributed by atoms with E-state index in [1.54, 1.807) is 45.1 Å². The highest BCUT2D eigenvalue weighted by Gasteiger charge is 2.23. The molecule has 142 valence electrons. The first-order valence-corrected chi connectivity index (χ1v) is 9.73. The summed E-state index contributed by atoms with van der Waals surface area (Å²) in [5.74, 6) is -0.245. The van der Waals surface area contributed by atoms with E-state index in [1.807, 2.05) is 0 Å². The molecule has 0 aliphatic carbocycles. The lowest BCUT2D eigenvalue weighted by Crippen LogP contribution is -2.36. The SMILES string of the molecule is CCN(CC)S(=O)(=O)c1cccc(C(=O)N(CCOC)CCOC)c1. The van der Waals surface area contributed by atoms with Crippen molar-refractivity contribution in [2.45, 2.75) is 18.7 Å². The molecule has 0 atom stereocenters. The molecule has 0 heterocycles. The maximum atomic E-state index is 12.8. The van der Waals surface area contributed by atoms with Gasteiger partial charge in [-0.3, -0.25) is 4.79 Å². The van der Waals surface area contributed by atoms with Crippen molar-refractivity contribution < 1.29 is 22.7 Å². The summed E-state index contributed by atoms with van der Waals surface area (Å²) in [4.78, 5) is 14.5. The molecule has 1 amide bonds. The van der Waals surface area contributed by atoms with Crippen LogP contribution in [0.2, 0.25) is 0 Å². The minimum absolute atomic E-state index is 0.125. The lowest BCUT2D eigenvalue weighted by Gasteiger charge is -2.23. The number of ether oxygens (including phenoxy) is 2. The van der Waals surface area contributed by atoms with Crippen LogP contribution in [0.5, 0.6) is 0 Å². The van der Waals surface area contributed by atoms with E-state index in [9.17, 15) is 13.2 Å². The van der Waals surface area contributed by atoms with Crippen LogP contribution in [0.3, 0.4) is 0 Å². The number of carbonyl (C=O) groups excluding carboxylic acids is 1. The molecule has 0 aliphatic rings. The highest BCUT2D eigenvalue weighted by atomic mass is 32.2. The number of amides is 1.